The van der Waals surface area contributed by atoms with Crippen molar-refractivity contribution in [1.82, 2.24) is 0 Å². The van der Waals surface area contributed by atoms with Gasteiger partial charge in [0.25, 0.3) is 0 Å². The smallest absolute Gasteiger partial charge is 0.350 e. The van der Waals surface area contributed by atoms with E-state index >= 15 is 0 Å². The maximum atomic E-state index is 11.6. The Hall–Kier alpha value is -4.31. The largest absolute Gasteiger partial charge is 0.489 e. The molecular weight excluding hydrogens is 624 g/mol. The Morgan fingerprint density at radius 3 is 2.27 bits per heavy atom. The standard InChI is InChI=1S/C40H44O9/c1-25(16-20-42-28-11-9-27-10-14-36(41)45-31(27)23-28)8-13-35-39(5,6)49-40(48-35)19-15-29-33(46-40)24-32-30(18-22-43-32)37(29)44-21-17-26(2)7-12-34-38(3,4)47-34/h9-11,14-19,22-24,34-35H,7-8,12-13,20-21H2,1-6H3/t34?,35-,40+/m1/s1. The second-order valence-electron chi connectivity index (χ2n) is 14.3. The normalized spacial score (nSPS) is 24.0. The molecule has 5 heterocycles. The molecule has 1 unspecified atom stereocenters. The first-order chi connectivity index (χ1) is 23.4. The van der Waals surface area contributed by atoms with Gasteiger partial charge in [-0.1, -0.05) is 11.1 Å². The monoisotopic (exact) mass is 668 g/mol. The summed E-state index contributed by atoms with van der Waals surface area (Å²) < 4.78 is 48.5. The van der Waals surface area contributed by atoms with E-state index in [1.54, 1.807) is 18.4 Å². The summed E-state index contributed by atoms with van der Waals surface area (Å²) in [7, 11) is 0. The molecule has 0 bridgehead atoms. The van der Waals surface area contributed by atoms with E-state index in [1.807, 2.05) is 56.3 Å². The van der Waals surface area contributed by atoms with Crippen molar-refractivity contribution < 1.29 is 37.3 Å². The Labute approximate surface area is 286 Å². The molecule has 9 nitrogen and oxygen atoms in total. The molecule has 1 spiro atoms. The molecule has 2 aromatic carbocycles. The van der Waals surface area contributed by atoms with Gasteiger partial charge in [0.2, 0.25) is 0 Å². The van der Waals surface area contributed by atoms with Gasteiger partial charge < -0.3 is 37.3 Å². The third-order valence-electron chi connectivity index (χ3n) is 9.61. The van der Waals surface area contributed by atoms with Gasteiger partial charge >= 0.3 is 11.6 Å². The maximum Gasteiger partial charge on any atom is 0.350 e. The zero-order valence-electron chi connectivity index (χ0n) is 29.0. The molecule has 2 saturated heterocycles. The lowest BCUT2D eigenvalue weighted by Gasteiger charge is -2.30. The van der Waals surface area contributed by atoms with Crippen LogP contribution in [0.2, 0.25) is 0 Å². The van der Waals surface area contributed by atoms with E-state index in [-0.39, 0.29) is 17.3 Å². The molecule has 4 aromatic rings. The highest BCUT2D eigenvalue weighted by molar-refractivity contribution is 5.91. The highest BCUT2D eigenvalue weighted by atomic mass is 16.9. The van der Waals surface area contributed by atoms with Gasteiger partial charge in [0.15, 0.2) is 0 Å². The third-order valence-corrected chi connectivity index (χ3v) is 9.61. The number of fused-ring (bicyclic) bond motifs is 3. The summed E-state index contributed by atoms with van der Waals surface area (Å²) in [5, 5.41) is 1.73. The molecule has 7 rings (SSSR count). The average molecular weight is 669 g/mol. The number of hydrogen-bond donors (Lipinski definition) is 0. The van der Waals surface area contributed by atoms with Crippen LogP contribution in [0, 0.1) is 0 Å². The van der Waals surface area contributed by atoms with Crippen molar-refractivity contribution in [2.45, 2.75) is 96.6 Å². The van der Waals surface area contributed by atoms with Crippen molar-refractivity contribution >= 4 is 28.0 Å². The Morgan fingerprint density at radius 1 is 0.837 bits per heavy atom. The average Bonchev–Trinajstić information content (AvgIpc) is 3.31. The van der Waals surface area contributed by atoms with E-state index in [9.17, 15) is 4.79 Å². The Bertz CT molecular complexity index is 2010. The second-order valence-corrected chi connectivity index (χ2v) is 14.3. The van der Waals surface area contributed by atoms with Crippen LogP contribution in [0.5, 0.6) is 17.2 Å². The molecule has 3 aliphatic heterocycles. The fourth-order valence-corrected chi connectivity index (χ4v) is 6.50. The number of epoxide rings is 1. The quantitative estimate of drug-likeness (QED) is 0.0832. The number of allylic oxidation sites excluding steroid dienone is 2. The van der Waals surface area contributed by atoms with Crippen LogP contribution in [0.25, 0.3) is 28.0 Å². The van der Waals surface area contributed by atoms with E-state index < -0.39 is 11.6 Å². The van der Waals surface area contributed by atoms with Gasteiger partial charge in [-0.25, -0.2) is 4.79 Å². The minimum Gasteiger partial charge on any atom is -0.489 e. The van der Waals surface area contributed by atoms with Crippen LogP contribution in [-0.2, 0) is 14.2 Å². The summed E-state index contributed by atoms with van der Waals surface area (Å²) in [4.78, 5) is 11.6. The Kier molecular flexibility index (Phi) is 8.71. The highest BCUT2D eigenvalue weighted by Crippen LogP contribution is 2.48. The highest BCUT2D eigenvalue weighted by Gasteiger charge is 2.54. The SMILES string of the molecule is CC(=CCOc1c2c(cc3occc13)O[C@@]1(C=C2)O[C@H](CCC(C)=CCOc2ccc3ccc(=O)oc3c2)C(C)(C)O1)CCC1OC1(C)C. The fraction of sp³-hybridized carbons (Fsp3) is 0.425. The molecule has 3 aliphatic rings. The summed E-state index contributed by atoms with van der Waals surface area (Å²) >= 11 is 0. The van der Waals surface area contributed by atoms with Gasteiger partial charge in [0.1, 0.15) is 41.6 Å². The predicted molar refractivity (Wildman–Crippen MR) is 187 cm³/mol. The van der Waals surface area contributed by atoms with Gasteiger partial charge in [0, 0.05) is 29.7 Å². The number of rotatable bonds is 12. The zero-order valence-corrected chi connectivity index (χ0v) is 29.0. The molecule has 3 atom stereocenters. The molecule has 0 saturated carbocycles. The molecule has 2 fully saturated rings. The number of furan rings is 1. The van der Waals surface area contributed by atoms with Crippen molar-refractivity contribution in [1.29, 1.82) is 0 Å². The number of ether oxygens (including phenoxy) is 6. The molecule has 258 valence electrons. The van der Waals surface area contributed by atoms with Crippen LogP contribution in [0.15, 0.2) is 91.7 Å². The van der Waals surface area contributed by atoms with Crippen LogP contribution >= 0.6 is 0 Å². The zero-order chi connectivity index (χ0) is 34.4. The molecule has 0 aliphatic carbocycles. The molecule has 0 N–H and O–H groups in total. The van der Waals surface area contributed by atoms with Crippen LogP contribution < -0.4 is 19.8 Å². The fourth-order valence-electron chi connectivity index (χ4n) is 6.50. The van der Waals surface area contributed by atoms with E-state index in [2.05, 4.69) is 33.8 Å². The van der Waals surface area contributed by atoms with Gasteiger partial charge in [-0.05, 0) is 110 Å². The van der Waals surface area contributed by atoms with Crippen molar-refractivity contribution in [3.63, 3.8) is 0 Å². The Morgan fingerprint density at radius 2 is 1.53 bits per heavy atom. The van der Waals surface area contributed by atoms with Gasteiger partial charge in [-0.2, -0.15) is 0 Å². The summed E-state index contributed by atoms with van der Waals surface area (Å²) in [6.45, 7) is 13.3. The Balaban J connectivity index is 0.974. The van der Waals surface area contributed by atoms with Crippen LogP contribution in [0.1, 0.15) is 72.8 Å². The van der Waals surface area contributed by atoms with E-state index in [0.717, 1.165) is 47.6 Å². The first kappa shape index (κ1) is 33.2. The van der Waals surface area contributed by atoms with E-state index in [0.29, 0.717) is 47.7 Å². The van der Waals surface area contributed by atoms with Gasteiger partial charge in [0.05, 0.1) is 40.6 Å². The minimum absolute atomic E-state index is 0.00721. The van der Waals surface area contributed by atoms with E-state index in [1.165, 1.54) is 11.6 Å². The molecular formula is C40H44O9. The van der Waals surface area contributed by atoms with Crippen molar-refractivity contribution in [2.24, 2.45) is 0 Å². The van der Waals surface area contributed by atoms with Gasteiger partial charge in [-0.3, -0.25) is 0 Å². The summed E-state index contributed by atoms with van der Waals surface area (Å²) in [6, 6.07) is 12.4. The lowest BCUT2D eigenvalue weighted by molar-refractivity contribution is -0.270. The van der Waals surface area contributed by atoms with Crippen molar-refractivity contribution in [3.8, 4) is 17.2 Å². The van der Waals surface area contributed by atoms with Crippen molar-refractivity contribution in [3.05, 3.63) is 94.1 Å². The third kappa shape index (κ3) is 7.20. The maximum absolute atomic E-state index is 11.6. The summed E-state index contributed by atoms with van der Waals surface area (Å²) in [5.41, 5.74) is 3.43. The molecule has 49 heavy (non-hydrogen) atoms. The van der Waals surface area contributed by atoms with Gasteiger partial charge in [-0.15, -0.1) is 0 Å². The predicted octanol–water partition coefficient (Wildman–Crippen LogP) is 8.88. The number of hydrogen-bond acceptors (Lipinski definition) is 9. The molecule has 9 heteroatoms. The second kappa shape index (κ2) is 12.9. The lowest BCUT2D eigenvalue weighted by Crippen LogP contribution is -2.38. The molecule has 2 aromatic heterocycles. The first-order valence-electron chi connectivity index (χ1n) is 17.0. The van der Waals surface area contributed by atoms with E-state index in [4.69, 9.17) is 37.3 Å². The molecule has 0 radical (unpaired) electrons. The summed E-state index contributed by atoms with van der Waals surface area (Å²) in [5.74, 6) is 0.553. The van der Waals surface area contributed by atoms with Crippen molar-refractivity contribution in [2.75, 3.05) is 13.2 Å². The number of benzene rings is 2. The topological polar surface area (TPSA) is 102 Å². The van der Waals surface area contributed by atoms with Crippen LogP contribution in [0.3, 0.4) is 0 Å². The van der Waals surface area contributed by atoms with Crippen LogP contribution in [0.4, 0.5) is 0 Å². The lowest BCUT2D eigenvalue weighted by atomic mass is 9.96. The van der Waals surface area contributed by atoms with Crippen LogP contribution in [-0.4, -0.2) is 42.6 Å². The first-order valence-corrected chi connectivity index (χ1v) is 17.0. The minimum atomic E-state index is -1.36. The summed E-state index contributed by atoms with van der Waals surface area (Å²) in [6.07, 6.45) is 13.2. The molecule has 0 amide bonds.